The lowest BCUT2D eigenvalue weighted by molar-refractivity contribution is 0.415. The maximum atomic E-state index is 9.25. The molecule has 2 aromatic heterocycles. The highest BCUT2D eigenvalue weighted by Crippen LogP contribution is 2.30. The summed E-state index contributed by atoms with van der Waals surface area (Å²) in [5.74, 6) is 2.29. The van der Waals surface area contributed by atoms with E-state index < -0.39 is 0 Å². The number of aromatic nitrogens is 3. The summed E-state index contributed by atoms with van der Waals surface area (Å²) in [5, 5.41) is 15.8. The van der Waals surface area contributed by atoms with E-state index in [0.29, 0.717) is 17.1 Å². The van der Waals surface area contributed by atoms with Crippen molar-refractivity contribution in [1.82, 2.24) is 14.6 Å². The van der Waals surface area contributed by atoms with Gasteiger partial charge < -0.3 is 10.1 Å². The van der Waals surface area contributed by atoms with Crippen molar-refractivity contribution in [2.75, 3.05) is 19.0 Å². The molecule has 0 aliphatic rings. The first-order chi connectivity index (χ1) is 11.6. The predicted octanol–water partition coefficient (Wildman–Crippen LogP) is 3.67. The summed E-state index contributed by atoms with van der Waals surface area (Å²) in [6, 6.07) is 9.93. The third-order valence-corrected chi connectivity index (χ3v) is 3.95. The minimum atomic E-state index is 0.529. The van der Waals surface area contributed by atoms with Gasteiger partial charge in [-0.05, 0) is 36.6 Å². The zero-order valence-electron chi connectivity index (χ0n) is 14.1. The first-order valence-electron chi connectivity index (χ1n) is 8.02. The maximum absolute atomic E-state index is 9.25. The largest absolute Gasteiger partial charge is 0.497 e. The number of H-pyrrole nitrogens is 1. The van der Waals surface area contributed by atoms with Gasteiger partial charge in [0.2, 0.25) is 0 Å². The van der Waals surface area contributed by atoms with Gasteiger partial charge in [0.15, 0.2) is 11.5 Å². The van der Waals surface area contributed by atoms with Crippen molar-refractivity contribution >= 4 is 11.5 Å². The molecule has 124 valence electrons. The number of hydrogen-bond acceptors (Lipinski definition) is 4. The molecule has 3 rings (SSSR count). The van der Waals surface area contributed by atoms with Crippen molar-refractivity contribution in [3.05, 3.63) is 36.0 Å². The number of aromatic amines is 1. The van der Waals surface area contributed by atoms with Crippen LogP contribution >= 0.6 is 0 Å². The highest BCUT2D eigenvalue weighted by atomic mass is 16.5. The number of nitrogens with zero attached hydrogens (tertiary/aromatic N) is 3. The average molecular weight is 323 g/mol. The van der Waals surface area contributed by atoms with Crippen LogP contribution < -0.4 is 10.1 Å². The number of nitriles is 1. The molecule has 0 spiro atoms. The standard InChI is InChI=1S/C18H21N5O/c1-12(2)8-9-20-18-16(13-4-6-15(24-3)7-5-13)22-17-14(10-19)11-21-23(17)18/h4-7,11-12,20-21H,8-9H2,1-3H3. The lowest BCUT2D eigenvalue weighted by Crippen LogP contribution is -2.08. The van der Waals surface area contributed by atoms with Crippen molar-refractivity contribution in [2.45, 2.75) is 20.3 Å². The summed E-state index contributed by atoms with van der Waals surface area (Å²) >= 11 is 0. The zero-order chi connectivity index (χ0) is 17.1. The third kappa shape index (κ3) is 2.93. The van der Waals surface area contributed by atoms with Crippen LogP contribution in [0.2, 0.25) is 0 Å². The number of ether oxygens (including phenoxy) is 1. The van der Waals surface area contributed by atoms with Gasteiger partial charge in [-0.1, -0.05) is 13.8 Å². The molecule has 2 N–H and O–H groups in total. The van der Waals surface area contributed by atoms with Gasteiger partial charge in [0.25, 0.3) is 0 Å². The van der Waals surface area contributed by atoms with E-state index in [1.807, 2.05) is 28.8 Å². The molecule has 0 aliphatic heterocycles. The van der Waals surface area contributed by atoms with Gasteiger partial charge in [0, 0.05) is 18.3 Å². The molecule has 0 atom stereocenters. The van der Waals surface area contributed by atoms with E-state index in [-0.39, 0.29) is 0 Å². The molecule has 0 saturated heterocycles. The summed E-state index contributed by atoms with van der Waals surface area (Å²) in [5.41, 5.74) is 2.96. The lowest BCUT2D eigenvalue weighted by atomic mass is 10.1. The Balaban J connectivity index is 2.03. The van der Waals surface area contributed by atoms with E-state index in [1.54, 1.807) is 13.3 Å². The molecule has 2 heterocycles. The van der Waals surface area contributed by atoms with Gasteiger partial charge in [-0.15, -0.1) is 0 Å². The van der Waals surface area contributed by atoms with Crippen LogP contribution in [-0.4, -0.2) is 28.3 Å². The fraction of sp³-hybridized carbons (Fsp3) is 0.333. The number of anilines is 1. The molecule has 6 nitrogen and oxygen atoms in total. The molecule has 0 radical (unpaired) electrons. The number of nitrogens with one attached hydrogen (secondary N) is 2. The summed E-state index contributed by atoms with van der Waals surface area (Å²) in [6.45, 7) is 5.23. The van der Waals surface area contributed by atoms with Gasteiger partial charge in [-0.3, -0.25) is 5.10 Å². The number of rotatable bonds is 6. The summed E-state index contributed by atoms with van der Waals surface area (Å²) in [7, 11) is 1.65. The second-order valence-electron chi connectivity index (χ2n) is 6.10. The molecule has 6 heteroatoms. The summed E-state index contributed by atoms with van der Waals surface area (Å²) in [6.07, 6.45) is 2.73. The Kier molecular flexibility index (Phi) is 4.43. The average Bonchev–Trinajstić information content (AvgIpc) is 3.14. The van der Waals surface area contributed by atoms with Crippen molar-refractivity contribution in [2.24, 2.45) is 5.92 Å². The maximum Gasteiger partial charge on any atom is 0.173 e. The molecule has 1 aromatic carbocycles. The lowest BCUT2D eigenvalue weighted by Gasteiger charge is -2.10. The molecule has 0 unspecified atom stereocenters. The minimum Gasteiger partial charge on any atom is -0.497 e. The van der Waals surface area contributed by atoms with Crippen LogP contribution in [0, 0.1) is 17.2 Å². The second kappa shape index (κ2) is 6.67. The summed E-state index contributed by atoms with van der Waals surface area (Å²) < 4.78 is 7.05. The van der Waals surface area contributed by atoms with Crippen LogP contribution in [-0.2, 0) is 0 Å². The third-order valence-electron chi connectivity index (χ3n) is 3.95. The smallest absolute Gasteiger partial charge is 0.173 e. The Morgan fingerprint density at radius 2 is 2.08 bits per heavy atom. The first kappa shape index (κ1) is 15.9. The zero-order valence-corrected chi connectivity index (χ0v) is 14.1. The molecule has 0 bridgehead atoms. The van der Waals surface area contributed by atoms with Gasteiger partial charge >= 0.3 is 0 Å². The number of imidazole rings is 1. The second-order valence-corrected chi connectivity index (χ2v) is 6.10. The molecule has 0 fully saturated rings. The van der Waals surface area contributed by atoms with Gasteiger partial charge in [-0.25, -0.2) is 9.50 Å². The highest BCUT2D eigenvalue weighted by Gasteiger charge is 2.17. The SMILES string of the molecule is COc1ccc(-c2nc3c(C#N)c[nH]n3c2NCCC(C)C)cc1. The normalized spacial score (nSPS) is 11.0. The topological polar surface area (TPSA) is 78.1 Å². The van der Waals surface area contributed by atoms with Crippen LogP contribution in [0.4, 0.5) is 5.82 Å². The van der Waals surface area contributed by atoms with Crippen molar-refractivity contribution in [3.63, 3.8) is 0 Å². The highest BCUT2D eigenvalue weighted by molar-refractivity contribution is 5.78. The van der Waals surface area contributed by atoms with Crippen LogP contribution in [0.25, 0.3) is 16.9 Å². The van der Waals surface area contributed by atoms with Gasteiger partial charge in [0.1, 0.15) is 23.1 Å². The Morgan fingerprint density at radius 3 is 2.71 bits per heavy atom. The van der Waals surface area contributed by atoms with Crippen LogP contribution in [0.5, 0.6) is 5.75 Å². The molecule has 0 aliphatic carbocycles. The van der Waals surface area contributed by atoms with Crippen molar-refractivity contribution in [1.29, 1.82) is 5.26 Å². The van der Waals surface area contributed by atoms with Gasteiger partial charge in [0.05, 0.1) is 7.11 Å². The summed E-state index contributed by atoms with van der Waals surface area (Å²) in [4.78, 5) is 4.67. The Hall–Kier alpha value is -2.94. The molecular weight excluding hydrogens is 302 g/mol. The van der Waals surface area contributed by atoms with E-state index in [1.165, 1.54) is 0 Å². The van der Waals surface area contributed by atoms with Crippen LogP contribution in [0.1, 0.15) is 25.8 Å². The molecule has 0 amide bonds. The van der Waals surface area contributed by atoms with E-state index in [9.17, 15) is 5.26 Å². The van der Waals surface area contributed by atoms with Crippen LogP contribution in [0.3, 0.4) is 0 Å². The molecule has 3 aromatic rings. The van der Waals surface area contributed by atoms with E-state index in [4.69, 9.17) is 4.74 Å². The predicted molar refractivity (Wildman–Crippen MR) is 94.2 cm³/mol. The number of methoxy groups -OCH3 is 1. The van der Waals surface area contributed by atoms with Crippen LogP contribution in [0.15, 0.2) is 30.5 Å². The molecule has 0 saturated carbocycles. The van der Waals surface area contributed by atoms with E-state index in [0.717, 1.165) is 35.8 Å². The van der Waals surface area contributed by atoms with E-state index in [2.05, 4.69) is 35.3 Å². The Bertz CT molecular complexity index is 867. The first-order valence-corrected chi connectivity index (χ1v) is 8.02. The van der Waals surface area contributed by atoms with Crippen molar-refractivity contribution < 1.29 is 4.74 Å². The van der Waals surface area contributed by atoms with Crippen molar-refractivity contribution in [3.8, 4) is 23.1 Å². The number of fused-ring (bicyclic) bond motifs is 1. The fourth-order valence-corrected chi connectivity index (χ4v) is 2.60. The number of benzene rings is 1. The Morgan fingerprint density at radius 1 is 1.33 bits per heavy atom. The monoisotopic (exact) mass is 323 g/mol. The fourth-order valence-electron chi connectivity index (χ4n) is 2.60. The number of hydrogen-bond donors (Lipinski definition) is 2. The molecule has 24 heavy (non-hydrogen) atoms. The minimum absolute atomic E-state index is 0.529. The van der Waals surface area contributed by atoms with E-state index >= 15 is 0 Å². The Labute approximate surface area is 141 Å². The van der Waals surface area contributed by atoms with Gasteiger partial charge in [-0.2, -0.15) is 5.26 Å². The quantitative estimate of drug-likeness (QED) is 0.725. The molecular formula is C18H21N5O.